The van der Waals surface area contributed by atoms with Crippen molar-refractivity contribution in [3.05, 3.63) is 0 Å². The molecule has 3 rings (SSSR count). The van der Waals surface area contributed by atoms with Crippen LogP contribution >= 0.6 is 0 Å². The molecule has 17 atom stereocenters. The van der Waals surface area contributed by atoms with E-state index in [1.54, 1.807) is 0 Å². The Morgan fingerprint density at radius 2 is 0.864 bits per heavy atom. The highest BCUT2D eigenvalue weighted by atomic mass is 16.8. The van der Waals surface area contributed by atoms with E-state index in [2.05, 4.69) is 19.2 Å². The number of ether oxygens (including phenoxy) is 6. The van der Waals surface area contributed by atoms with Gasteiger partial charge in [0, 0.05) is 6.42 Å². The van der Waals surface area contributed by atoms with Crippen LogP contribution in [0.5, 0.6) is 0 Å². The van der Waals surface area contributed by atoms with Gasteiger partial charge in [-0.25, -0.2) is 0 Å². The Hall–Kier alpha value is -1.21. The number of nitrogens with one attached hydrogen (secondary N) is 1. The topological polar surface area (TPSA) is 307 Å². The maximum Gasteiger partial charge on any atom is 0.220 e. The summed E-state index contributed by atoms with van der Waals surface area (Å²) in [6, 6.07) is -0.876. The molecule has 66 heavy (non-hydrogen) atoms. The Labute approximate surface area is 392 Å². The van der Waals surface area contributed by atoms with Gasteiger partial charge in [0.1, 0.15) is 73.2 Å². The van der Waals surface area contributed by atoms with Crippen molar-refractivity contribution in [1.82, 2.24) is 5.32 Å². The predicted octanol–water partition coefficient (Wildman–Crippen LogP) is 1.31. The first-order valence-electron chi connectivity index (χ1n) is 25.3. The molecule has 12 N–H and O–H groups in total. The monoisotopic (exact) mass is 956 g/mol. The van der Waals surface area contributed by atoms with E-state index >= 15 is 0 Å². The number of aliphatic hydroxyl groups excluding tert-OH is 11. The van der Waals surface area contributed by atoms with E-state index < -0.39 is 124 Å². The summed E-state index contributed by atoms with van der Waals surface area (Å²) < 4.78 is 34.1. The molecular formula is C47H89NO18. The van der Waals surface area contributed by atoms with Gasteiger partial charge in [-0.05, 0) is 12.8 Å². The Bertz CT molecular complexity index is 1240. The summed E-state index contributed by atoms with van der Waals surface area (Å²) in [5.41, 5.74) is 0. The first-order valence-corrected chi connectivity index (χ1v) is 25.3. The summed E-state index contributed by atoms with van der Waals surface area (Å²) in [6.07, 6.45) is -2.02. The summed E-state index contributed by atoms with van der Waals surface area (Å²) in [5.74, 6) is -0.247. The average molecular weight is 956 g/mol. The quantitative estimate of drug-likeness (QED) is 0.0399. The number of carbonyl (C=O) groups excluding carboxylic acids is 1. The van der Waals surface area contributed by atoms with E-state index in [0.29, 0.717) is 12.8 Å². The lowest BCUT2D eigenvalue weighted by Crippen LogP contribution is -2.66. The van der Waals surface area contributed by atoms with Crippen molar-refractivity contribution in [2.75, 3.05) is 26.4 Å². The molecule has 17 unspecified atom stereocenters. The summed E-state index contributed by atoms with van der Waals surface area (Å²) in [7, 11) is 0. The molecule has 0 aliphatic carbocycles. The van der Waals surface area contributed by atoms with Crippen molar-refractivity contribution in [3.63, 3.8) is 0 Å². The van der Waals surface area contributed by atoms with E-state index in [-0.39, 0.29) is 18.9 Å². The molecule has 1 amide bonds. The van der Waals surface area contributed by atoms with Gasteiger partial charge in [-0.15, -0.1) is 0 Å². The van der Waals surface area contributed by atoms with Crippen LogP contribution in [0.4, 0.5) is 0 Å². The smallest absolute Gasteiger partial charge is 0.220 e. The fourth-order valence-electron chi connectivity index (χ4n) is 8.90. The van der Waals surface area contributed by atoms with Crippen molar-refractivity contribution < 1.29 is 89.4 Å². The summed E-state index contributed by atoms with van der Waals surface area (Å²) >= 11 is 0. The fourth-order valence-corrected chi connectivity index (χ4v) is 8.90. The van der Waals surface area contributed by atoms with E-state index in [9.17, 15) is 61.0 Å². The molecule has 19 heteroatoms. The van der Waals surface area contributed by atoms with Crippen LogP contribution in [0, 0.1) is 0 Å². The molecule has 3 saturated heterocycles. The lowest BCUT2D eigenvalue weighted by Gasteiger charge is -2.48. The molecule has 3 fully saturated rings. The predicted molar refractivity (Wildman–Crippen MR) is 240 cm³/mol. The van der Waals surface area contributed by atoms with E-state index in [1.807, 2.05) is 0 Å². The minimum atomic E-state index is -1.97. The first-order chi connectivity index (χ1) is 31.8. The Balaban J connectivity index is 1.57. The minimum Gasteiger partial charge on any atom is -0.394 e. The summed E-state index contributed by atoms with van der Waals surface area (Å²) in [6.45, 7) is 1.72. The van der Waals surface area contributed by atoms with Crippen LogP contribution in [0.25, 0.3) is 0 Å². The van der Waals surface area contributed by atoms with Gasteiger partial charge in [-0.2, -0.15) is 0 Å². The van der Waals surface area contributed by atoms with E-state index in [1.165, 1.54) is 83.5 Å². The Morgan fingerprint density at radius 3 is 1.32 bits per heavy atom. The molecule has 0 aromatic carbocycles. The largest absolute Gasteiger partial charge is 0.394 e. The van der Waals surface area contributed by atoms with Gasteiger partial charge >= 0.3 is 0 Å². The van der Waals surface area contributed by atoms with Crippen LogP contribution in [-0.4, -0.2) is 193 Å². The van der Waals surface area contributed by atoms with Gasteiger partial charge in [-0.3, -0.25) is 4.79 Å². The molecule has 0 spiro atoms. The molecule has 19 nitrogen and oxygen atoms in total. The second-order valence-corrected chi connectivity index (χ2v) is 18.6. The van der Waals surface area contributed by atoms with E-state index in [4.69, 9.17) is 28.4 Å². The summed E-state index contributed by atoms with van der Waals surface area (Å²) in [5, 5.41) is 119. The zero-order valence-corrected chi connectivity index (χ0v) is 39.7. The summed E-state index contributed by atoms with van der Waals surface area (Å²) in [4.78, 5) is 13.2. The number of rotatable bonds is 35. The third-order valence-corrected chi connectivity index (χ3v) is 13.2. The Kier molecular flexibility index (Phi) is 29.9. The van der Waals surface area contributed by atoms with Gasteiger partial charge in [0.2, 0.25) is 5.91 Å². The molecule has 3 aliphatic heterocycles. The average Bonchev–Trinajstić information content (AvgIpc) is 3.31. The van der Waals surface area contributed by atoms with Crippen molar-refractivity contribution in [1.29, 1.82) is 0 Å². The standard InChI is InChI=1S/C47H89NO18/c1-3-5-7-9-11-13-15-16-18-20-22-24-31(52)30(48-35(53)25-23-21-19-17-14-12-10-8-6-4-2)29-61-45-41(59)38(56)43(33(27-50)63-45)66-47-42(60)39(57)44(34(28-51)64-47)65-46-40(58)37(55)36(54)32(26-49)62-46/h30-34,36-47,49-52,54-60H,3-29H2,1-2H3,(H,48,53). The third kappa shape index (κ3) is 19.5. The molecule has 0 saturated carbocycles. The van der Waals surface area contributed by atoms with Gasteiger partial charge in [0.15, 0.2) is 18.9 Å². The van der Waals surface area contributed by atoms with Crippen molar-refractivity contribution in [3.8, 4) is 0 Å². The molecule has 0 bridgehead atoms. The molecule has 0 radical (unpaired) electrons. The van der Waals surface area contributed by atoms with Gasteiger partial charge in [-0.1, -0.05) is 142 Å². The maximum absolute atomic E-state index is 13.2. The SMILES string of the molecule is CCCCCCCCCCCCCC(O)C(COC1OC(CO)C(OC2OC(CO)C(OC3OC(CO)C(O)C(O)C3O)C(O)C2O)C(O)C1O)NC(=O)CCCCCCCCCCCC. The van der Waals surface area contributed by atoms with Crippen molar-refractivity contribution in [2.24, 2.45) is 0 Å². The highest BCUT2D eigenvalue weighted by molar-refractivity contribution is 5.76. The molecule has 0 aromatic heterocycles. The number of aliphatic hydroxyl groups is 11. The number of amides is 1. The number of hydrogen-bond acceptors (Lipinski definition) is 18. The van der Waals surface area contributed by atoms with Crippen LogP contribution in [0.2, 0.25) is 0 Å². The van der Waals surface area contributed by atoms with Crippen molar-refractivity contribution >= 4 is 5.91 Å². The molecule has 3 aliphatic rings. The van der Waals surface area contributed by atoms with E-state index in [0.717, 1.165) is 44.9 Å². The minimum absolute atomic E-state index is 0.247. The zero-order valence-electron chi connectivity index (χ0n) is 39.7. The third-order valence-electron chi connectivity index (χ3n) is 13.2. The maximum atomic E-state index is 13.2. The first kappa shape index (κ1) is 59.1. The van der Waals surface area contributed by atoms with Crippen LogP contribution in [0.15, 0.2) is 0 Å². The van der Waals surface area contributed by atoms with Crippen LogP contribution in [0.3, 0.4) is 0 Å². The Morgan fingerprint density at radius 1 is 0.485 bits per heavy atom. The van der Waals surface area contributed by atoms with Gasteiger partial charge < -0.3 is 89.9 Å². The number of unbranched alkanes of at least 4 members (excludes halogenated alkanes) is 19. The van der Waals surface area contributed by atoms with Crippen LogP contribution in [0.1, 0.15) is 162 Å². The molecular weight excluding hydrogens is 867 g/mol. The second-order valence-electron chi connectivity index (χ2n) is 18.6. The zero-order chi connectivity index (χ0) is 48.4. The fraction of sp³-hybridized carbons (Fsp3) is 0.979. The normalized spacial score (nSPS) is 33.7. The molecule has 3 heterocycles. The van der Waals surface area contributed by atoms with Crippen molar-refractivity contribution in [2.45, 2.75) is 266 Å². The number of carbonyl (C=O) groups is 1. The van der Waals surface area contributed by atoms with Gasteiger partial charge in [0.25, 0.3) is 0 Å². The highest BCUT2D eigenvalue weighted by Crippen LogP contribution is 2.33. The molecule has 390 valence electrons. The molecule has 0 aromatic rings. The second kappa shape index (κ2) is 33.4. The number of hydrogen-bond donors (Lipinski definition) is 12. The van der Waals surface area contributed by atoms with Crippen LogP contribution < -0.4 is 5.32 Å². The van der Waals surface area contributed by atoms with Crippen LogP contribution in [-0.2, 0) is 33.2 Å². The highest BCUT2D eigenvalue weighted by Gasteiger charge is 2.53. The lowest BCUT2D eigenvalue weighted by molar-refractivity contribution is -0.379. The lowest BCUT2D eigenvalue weighted by atomic mass is 9.96. The van der Waals surface area contributed by atoms with Gasteiger partial charge in [0.05, 0.1) is 38.6 Å².